The van der Waals surface area contributed by atoms with Gasteiger partial charge in [-0.2, -0.15) is 13.2 Å². The summed E-state index contributed by atoms with van der Waals surface area (Å²) >= 11 is -0.378. The second kappa shape index (κ2) is 8.25. The van der Waals surface area contributed by atoms with E-state index in [1.165, 1.54) is 24.3 Å². The molecule has 0 radical (unpaired) electrons. The van der Waals surface area contributed by atoms with Crippen molar-refractivity contribution in [1.82, 2.24) is 0 Å². The van der Waals surface area contributed by atoms with E-state index < -0.39 is 24.0 Å². The summed E-state index contributed by atoms with van der Waals surface area (Å²) in [6.07, 6.45) is 0. The molecule has 0 heterocycles. The zero-order valence-corrected chi connectivity index (χ0v) is 13.9. The number of aliphatic hydroxyl groups is 2. The minimum Gasteiger partial charge on any atom is -0.511 e. The quantitative estimate of drug-likeness (QED) is 0.488. The molecule has 0 aliphatic carbocycles. The van der Waals surface area contributed by atoms with Crippen LogP contribution >= 0.6 is 11.8 Å². The van der Waals surface area contributed by atoms with Gasteiger partial charge in [-0.3, -0.25) is 0 Å². The second-order valence-electron chi connectivity index (χ2n) is 5.56. The molecule has 0 saturated heterocycles. The molecule has 1 aromatic rings. The van der Waals surface area contributed by atoms with Gasteiger partial charge in [0.1, 0.15) is 5.75 Å². The van der Waals surface area contributed by atoms with Crippen LogP contribution in [-0.2, 0) is 0 Å². The molecule has 1 rings (SSSR count). The van der Waals surface area contributed by atoms with Crippen molar-refractivity contribution < 1.29 is 38.1 Å². The van der Waals surface area contributed by atoms with E-state index in [1.807, 2.05) is 0 Å². The molecule has 5 nitrogen and oxygen atoms in total. The minimum atomic E-state index is -4.44. The van der Waals surface area contributed by atoms with Gasteiger partial charge in [-0.05, 0) is 51.6 Å². The summed E-state index contributed by atoms with van der Waals surface area (Å²) in [5.41, 5.74) is -6.46. The van der Waals surface area contributed by atoms with E-state index in [2.05, 4.69) is 4.65 Å². The summed E-state index contributed by atoms with van der Waals surface area (Å²) in [7, 11) is -2.14. The molecule has 0 aliphatic heterocycles. The van der Waals surface area contributed by atoms with Crippen molar-refractivity contribution in [1.29, 1.82) is 0 Å². The number of thioether (sulfide) groups is 1. The number of halogens is 3. The van der Waals surface area contributed by atoms with E-state index in [1.54, 1.807) is 27.7 Å². The highest BCUT2D eigenvalue weighted by atomic mass is 32.2. The summed E-state index contributed by atoms with van der Waals surface area (Å²) in [6.45, 7) is 6.31. The molecule has 23 heavy (non-hydrogen) atoms. The number of benzene rings is 1. The van der Waals surface area contributed by atoms with Gasteiger partial charge in [-0.15, -0.1) is 0 Å². The van der Waals surface area contributed by atoms with Crippen LogP contribution in [0.25, 0.3) is 0 Å². The summed E-state index contributed by atoms with van der Waals surface area (Å²) in [6, 6.07) is 5.21. The molecule has 0 unspecified atom stereocenters. The summed E-state index contributed by atoms with van der Waals surface area (Å²) in [5, 5.41) is 35.2. The smallest absolute Gasteiger partial charge is 0.511 e. The van der Waals surface area contributed by atoms with Crippen molar-refractivity contribution >= 4 is 19.1 Å². The Morgan fingerprint density at radius 3 is 1.74 bits per heavy atom. The maximum absolute atomic E-state index is 12.0. The summed E-state index contributed by atoms with van der Waals surface area (Å²) < 4.78 is 40.5. The van der Waals surface area contributed by atoms with E-state index >= 15 is 0 Å². The van der Waals surface area contributed by atoms with Gasteiger partial charge in [0.25, 0.3) is 0 Å². The number of rotatable bonds is 4. The first-order chi connectivity index (χ1) is 10.1. The molecule has 0 bridgehead atoms. The van der Waals surface area contributed by atoms with Crippen LogP contribution in [-0.4, -0.2) is 44.3 Å². The second-order valence-corrected chi connectivity index (χ2v) is 6.66. The predicted octanol–water partition coefficient (Wildman–Crippen LogP) is 2.18. The Morgan fingerprint density at radius 2 is 1.39 bits per heavy atom. The molecule has 0 spiro atoms. The largest absolute Gasteiger partial charge is 0.707 e. The van der Waals surface area contributed by atoms with Gasteiger partial charge in [0.2, 0.25) is 0 Å². The Kier molecular flexibility index (Phi) is 7.91. The molecule has 1 aromatic carbocycles. The maximum atomic E-state index is 12.0. The number of hydrogen-bond donors (Lipinski definition) is 4. The first-order valence-electron chi connectivity index (χ1n) is 6.46. The van der Waals surface area contributed by atoms with Crippen LogP contribution in [0, 0.1) is 0 Å². The first kappa shape index (κ1) is 22.1. The van der Waals surface area contributed by atoms with Gasteiger partial charge in [0.05, 0.1) is 16.1 Å². The molecule has 0 atom stereocenters. The third-order valence-electron chi connectivity index (χ3n) is 2.80. The molecule has 0 amide bonds. The fraction of sp³-hybridized carbons (Fsp3) is 0.538. The molecule has 4 N–H and O–H groups in total. The van der Waals surface area contributed by atoms with E-state index in [4.69, 9.17) is 20.3 Å². The fourth-order valence-electron chi connectivity index (χ4n) is 0.870. The van der Waals surface area contributed by atoms with E-state index in [0.717, 1.165) is 0 Å². The Hall–Kier alpha value is -0.935. The minimum absolute atomic E-state index is 0.224. The van der Waals surface area contributed by atoms with Crippen LogP contribution in [0.5, 0.6) is 5.75 Å². The highest BCUT2D eigenvalue weighted by Gasteiger charge is 2.32. The third-order valence-corrected chi connectivity index (χ3v) is 3.59. The van der Waals surface area contributed by atoms with E-state index in [-0.39, 0.29) is 22.4 Å². The maximum Gasteiger partial charge on any atom is 0.707 e. The van der Waals surface area contributed by atoms with Gasteiger partial charge < -0.3 is 24.9 Å². The van der Waals surface area contributed by atoms with Gasteiger partial charge in [-0.1, -0.05) is 12.1 Å². The van der Waals surface area contributed by atoms with Crippen molar-refractivity contribution in [3.8, 4) is 5.75 Å². The monoisotopic (exact) mass is 356 g/mol. The van der Waals surface area contributed by atoms with Crippen molar-refractivity contribution in [3.63, 3.8) is 0 Å². The lowest BCUT2D eigenvalue weighted by molar-refractivity contribution is -0.107. The molecule has 0 saturated carbocycles. The van der Waals surface area contributed by atoms with Crippen LogP contribution in [0.15, 0.2) is 29.2 Å². The normalized spacial score (nSPS) is 12.3. The molecular weight excluding hydrogens is 336 g/mol. The van der Waals surface area contributed by atoms with Crippen molar-refractivity contribution in [2.75, 3.05) is 0 Å². The first-order valence-corrected chi connectivity index (χ1v) is 7.27. The molecule has 132 valence electrons. The van der Waals surface area contributed by atoms with Crippen molar-refractivity contribution in [2.24, 2.45) is 0 Å². The number of hydrogen-bond acceptors (Lipinski definition) is 6. The lowest BCUT2D eigenvalue weighted by Gasteiger charge is -2.31. The van der Waals surface area contributed by atoms with Crippen molar-refractivity contribution in [2.45, 2.75) is 49.3 Å². The van der Waals surface area contributed by atoms with Gasteiger partial charge in [0, 0.05) is 0 Å². The van der Waals surface area contributed by atoms with Gasteiger partial charge in [0.15, 0.2) is 0 Å². The van der Waals surface area contributed by atoms with Gasteiger partial charge in [-0.25, -0.2) is 0 Å². The van der Waals surface area contributed by atoms with Crippen molar-refractivity contribution in [3.05, 3.63) is 24.3 Å². The molecule has 0 aliphatic rings. The number of para-hydroxylation sites is 1. The Balaban J connectivity index is 0.000000515. The third kappa shape index (κ3) is 9.72. The zero-order chi connectivity index (χ0) is 18.5. The van der Waals surface area contributed by atoms with E-state index in [9.17, 15) is 13.2 Å². The van der Waals surface area contributed by atoms with Crippen LogP contribution in [0.1, 0.15) is 27.7 Å². The molecular formula is C13H20BF3O5S. The Bertz CT molecular complexity index is 472. The molecule has 0 fully saturated rings. The lowest BCUT2D eigenvalue weighted by atomic mass is 9.90. The van der Waals surface area contributed by atoms with E-state index in [0.29, 0.717) is 0 Å². The van der Waals surface area contributed by atoms with Gasteiger partial charge >= 0.3 is 12.8 Å². The average Bonchev–Trinajstić information content (AvgIpc) is 2.27. The topological polar surface area (TPSA) is 90.2 Å². The number of alkyl halides is 3. The molecule has 10 heteroatoms. The fourth-order valence-corrected chi connectivity index (χ4v) is 1.48. The average molecular weight is 356 g/mol. The van der Waals surface area contributed by atoms with Crippen LogP contribution < -0.4 is 4.65 Å². The summed E-state index contributed by atoms with van der Waals surface area (Å²) in [4.78, 5) is -0.224. The summed E-state index contributed by atoms with van der Waals surface area (Å²) in [5.74, 6) is -0.227. The highest BCUT2D eigenvalue weighted by molar-refractivity contribution is 8.00. The Morgan fingerprint density at radius 1 is 0.957 bits per heavy atom. The molecule has 0 aromatic heterocycles. The standard InChI is InChI=1S/C7H6BF3O3S.C6H14O2/c9-7(10,11)15-6-4-2-1-3-5(6)14-8(12)13;1-5(2,7)6(3,4)8/h1-4,12-13H;7-8H,1-4H3. The van der Waals surface area contributed by atoms with Crippen LogP contribution in [0.2, 0.25) is 0 Å². The predicted molar refractivity (Wildman–Crippen MR) is 81.8 cm³/mol. The van der Waals surface area contributed by atoms with Crippen LogP contribution in [0.4, 0.5) is 13.2 Å². The SMILES string of the molecule is CC(C)(O)C(C)(C)O.OB(O)Oc1ccccc1SC(F)(F)F. The highest BCUT2D eigenvalue weighted by Crippen LogP contribution is 2.41. The van der Waals surface area contributed by atoms with Crippen LogP contribution in [0.3, 0.4) is 0 Å². The Labute approximate surface area is 137 Å². The lowest BCUT2D eigenvalue weighted by Crippen LogP contribution is -2.44. The zero-order valence-electron chi connectivity index (χ0n) is 13.1.